The summed E-state index contributed by atoms with van der Waals surface area (Å²) in [5, 5.41) is 16.3. The molecule has 0 aliphatic carbocycles. The summed E-state index contributed by atoms with van der Waals surface area (Å²) in [6, 6.07) is 5.80. The molecule has 1 heterocycles. The Morgan fingerprint density at radius 1 is 1.17 bits per heavy atom. The van der Waals surface area contributed by atoms with Crippen molar-refractivity contribution in [2.75, 3.05) is 41.4 Å². The maximum absolute atomic E-state index is 12.8. The van der Waals surface area contributed by atoms with Gasteiger partial charge in [0.15, 0.2) is 11.5 Å². The second-order valence-corrected chi connectivity index (χ2v) is 7.32. The van der Waals surface area contributed by atoms with Crippen LogP contribution in [0, 0.1) is 5.92 Å². The molecule has 2 rings (SSSR count). The van der Waals surface area contributed by atoms with Gasteiger partial charge in [0.05, 0.1) is 20.1 Å². The molecule has 0 radical (unpaired) electrons. The van der Waals surface area contributed by atoms with Gasteiger partial charge in [0.25, 0.3) is 6.47 Å². The highest BCUT2D eigenvalue weighted by molar-refractivity contribution is 5.78. The summed E-state index contributed by atoms with van der Waals surface area (Å²) in [6.07, 6.45) is 2.28. The maximum Gasteiger partial charge on any atom is 0.308 e. The van der Waals surface area contributed by atoms with Gasteiger partial charge in [0.1, 0.15) is 0 Å². The fourth-order valence-electron chi connectivity index (χ4n) is 3.44. The highest BCUT2D eigenvalue weighted by atomic mass is 16.5. The van der Waals surface area contributed by atoms with Gasteiger partial charge >= 0.3 is 5.97 Å². The first-order valence-electron chi connectivity index (χ1n) is 9.73. The molecule has 9 nitrogen and oxygen atoms in total. The molecular weight excluding hydrogens is 392 g/mol. The molecule has 2 N–H and O–H groups in total. The molecule has 1 aliphatic heterocycles. The number of likely N-dealkylation sites (tertiary alicyclic amines) is 1. The number of ether oxygens (including phenoxy) is 2. The number of likely N-dealkylation sites (N-methyl/N-ethyl adjacent to an activating group) is 1. The third kappa shape index (κ3) is 7.55. The summed E-state index contributed by atoms with van der Waals surface area (Å²) in [5.74, 6) is -0.0501. The zero-order valence-corrected chi connectivity index (χ0v) is 18.0. The Balaban J connectivity index is 0.00000141. The van der Waals surface area contributed by atoms with E-state index >= 15 is 0 Å². The van der Waals surface area contributed by atoms with Crippen LogP contribution >= 0.6 is 0 Å². The molecule has 1 saturated heterocycles. The van der Waals surface area contributed by atoms with E-state index in [1.807, 2.05) is 32.3 Å². The quantitative estimate of drug-likeness (QED) is 0.634. The van der Waals surface area contributed by atoms with E-state index in [-0.39, 0.29) is 25.0 Å². The van der Waals surface area contributed by atoms with Crippen molar-refractivity contribution in [2.45, 2.75) is 31.7 Å². The lowest BCUT2D eigenvalue weighted by Crippen LogP contribution is -2.43. The molecule has 30 heavy (non-hydrogen) atoms. The van der Waals surface area contributed by atoms with E-state index in [1.165, 1.54) is 0 Å². The summed E-state index contributed by atoms with van der Waals surface area (Å²) in [4.78, 5) is 36.4. The van der Waals surface area contributed by atoms with Crippen molar-refractivity contribution in [3.8, 4) is 11.5 Å². The van der Waals surface area contributed by atoms with E-state index < -0.39 is 11.9 Å². The Labute approximate surface area is 177 Å². The molecule has 1 aromatic carbocycles. The molecule has 0 aromatic heterocycles. The minimum absolute atomic E-state index is 0.00946. The van der Waals surface area contributed by atoms with Crippen LogP contribution in [-0.2, 0) is 20.8 Å². The lowest BCUT2D eigenvalue weighted by Gasteiger charge is -2.29. The number of hydrogen-bond acceptors (Lipinski definition) is 6. The van der Waals surface area contributed by atoms with Crippen LogP contribution in [0.5, 0.6) is 11.5 Å². The molecule has 2 atom stereocenters. The SMILES string of the molecule is COc1ccc(CCC(=O)N2C[C@@H](C(=O)O)CC[C@@H](N(C)C)C2)cc1OC.O=CO. The average Bonchev–Trinajstić information content (AvgIpc) is 2.96. The van der Waals surface area contributed by atoms with Gasteiger partial charge in [0.2, 0.25) is 5.91 Å². The van der Waals surface area contributed by atoms with Crippen molar-refractivity contribution in [1.29, 1.82) is 0 Å². The minimum atomic E-state index is -0.827. The number of nitrogens with zero attached hydrogens (tertiary/aromatic N) is 2. The van der Waals surface area contributed by atoms with Crippen LogP contribution < -0.4 is 9.47 Å². The van der Waals surface area contributed by atoms with Crippen molar-refractivity contribution in [1.82, 2.24) is 9.80 Å². The Hall–Kier alpha value is -2.81. The van der Waals surface area contributed by atoms with Crippen molar-refractivity contribution in [2.24, 2.45) is 5.92 Å². The van der Waals surface area contributed by atoms with E-state index in [0.29, 0.717) is 37.3 Å². The van der Waals surface area contributed by atoms with E-state index in [0.717, 1.165) is 12.0 Å². The van der Waals surface area contributed by atoms with Crippen LogP contribution in [-0.4, -0.2) is 85.8 Å². The molecule has 1 fully saturated rings. The van der Waals surface area contributed by atoms with Crippen LogP contribution in [0.15, 0.2) is 18.2 Å². The fraction of sp³-hybridized carbons (Fsp3) is 0.571. The molecule has 0 unspecified atom stereocenters. The van der Waals surface area contributed by atoms with E-state index in [2.05, 4.69) is 4.90 Å². The van der Waals surface area contributed by atoms with Gasteiger partial charge in [0, 0.05) is 25.6 Å². The number of methoxy groups -OCH3 is 2. The topological polar surface area (TPSA) is 117 Å². The highest BCUT2D eigenvalue weighted by Gasteiger charge is 2.31. The lowest BCUT2D eigenvalue weighted by molar-refractivity contribution is -0.143. The number of carboxylic acid groups (broad SMARTS) is 2. The van der Waals surface area contributed by atoms with Crippen LogP contribution in [0.1, 0.15) is 24.8 Å². The third-order valence-electron chi connectivity index (χ3n) is 5.23. The van der Waals surface area contributed by atoms with Gasteiger partial charge in [-0.05, 0) is 51.1 Å². The number of rotatable bonds is 7. The zero-order valence-electron chi connectivity index (χ0n) is 18.0. The number of carbonyl (C=O) groups excluding carboxylic acids is 1. The number of hydrogen-bond donors (Lipinski definition) is 2. The fourth-order valence-corrected chi connectivity index (χ4v) is 3.44. The van der Waals surface area contributed by atoms with Gasteiger partial charge in [-0.1, -0.05) is 6.07 Å². The molecule has 9 heteroatoms. The zero-order chi connectivity index (χ0) is 22.7. The molecule has 1 aliphatic rings. The normalized spacial score (nSPS) is 18.6. The molecule has 0 spiro atoms. The molecule has 0 saturated carbocycles. The first-order valence-corrected chi connectivity index (χ1v) is 9.73. The van der Waals surface area contributed by atoms with Gasteiger partial charge in [-0.15, -0.1) is 0 Å². The van der Waals surface area contributed by atoms with E-state index in [9.17, 15) is 14.7 Å². The average molecular weight is 424 g/mol. The summed E-state index contributed by atoms with van der Waals surface area (Å²) in [5.41, 5.74) is 0.981. The predicted octanol–water partition coefficient (Wildman–Crippen LogP) is 1.59. The minimum Gasteiger partial charge on any atom is -0.493 e. The molecule has 0 bridgehead atoms. The summed E-state index contributed by atoms with van der Waals surface area (Å²) >= 11 is 0. The first kappa shape index (κ1) is 25.2. The number of carboxylic acids is 1. The van der Waals surface area contributed by atoms with Crippen LogP contribution in [0.3, 0.4) is 0 Å². The Bertz CT molecular complexity index is 709. The van der Waals surface area contributed by atoms with Crippen molar-refractivity contribution in [3.05, 3.63) is 23.8 Å². The monoisotopic (exact) mass is 424 g/mol. The predicted molar refractivity (Wildman–Crippen MR) is 111 cm³/mol. The Morgan fingerprint density at radius 3 is 2.33 bits per heavy atom. The smallest absolute Gasteiger partial charge is 0.308 e. The maximum atomic E-state index is 12.8. The van der Waals surface area contributed by atoms with Crippen LogP contribution in [0.25, 0.3) is 0 Å². The Morgan fingerprint density at radius 2 is 1.80 bits per heavy atom. The van der Waals surface area contributed by atoms with Crippen molar-refractivity contribution >= 4 is 18.3 Å². The van der Waals surface area contributed by atoms with Gasteiger partial charge < -0.3 is 29.5 Å². The van der Waals surface area contributed by atoms with E-state index in [1.54, 1.807) is 19.1 Å². The number of carbonyl (C=O) groups is 3. The second-order valence-electron chi connectivity index (χ2n) is 7.32. The van der Waals surface area contributed by atoms with Crippen molar-refractivity contribution in [3.63, 3.8) is 0 Å². The molecule has 1 amide bonds. The first-order chi connectivity index (χ1) is 14.3. The van der Waals surface area contributed by atoms with Gasteiger partial charge in [-0.2, -0.15) is 0 Å². The summed E-state index contributed by atoms with van der Waals surface area (Å²) in [6.45, 7) is 0.603. The van der Waals surface area contributed by atoms with Gasteiger partial charge in [-0.3, -0.25) is 14.4 Å². The number of aryl methyl sites for hydroxylation is 1. The third-order valence-corrected chi connectivity index (χ3v) is 5.23. The lowest BCUT2D eigenvalue weighted by atomic mass is 10.0. The van der Waals surface area contributed by atoms with E-state index in [4.69, 9.17) is 19.4 Å². The number of aliphatic carboxylic acids is 1. The Kier molecular flexibility index (Phi) is 10.7. The van der Waals surface area contributed by atoms with Crippen LogP contribution in [0.4, 0.5) is 0 Å². The number of benzene rings is 1. The summed E-state index contributed by atoms with van der Waals surface area (Å²) in [7, 11) is 7.11. The highest BCUT2D eigenvalue weighted by Crippen LogP contribution is 2.28. The van der Waals surface area contributed by atoms with Crippen LogP contribution in [0.2, 0.25) is 0 Å². The second kappa shape index (κ2) is 12.7. The molecule has 168 valence electrons. The largest absolute Gasteiger partial charge is 0.493 e. The number of amides is 1. The molecule has 1 aromatic rings. The summed E-state index contributed by atoms with van der Waals surface area (Å²) < 4.78 is 10.5. The molecular formula is C21H32N2O7. The standard InChI is InChI=1S/C20H30N2O5.CH2O2/c1-21(2)16-8-7-15(20(24)25)12-22(13-16)19(23)10-6-14-5-9-17(26-3)18(11-14)27-4;2-1-3/h5,9,11,15-16H,6-8,10,12-13H2,1-4H3,(H,24,25);1H,(H,2,3)/t15-,16+;/m0./s1. The van der Waals surface area contributed by atoms with Gasteiger partial charge in [-0.25, -0.2) is 0 Å². The van der Waals surface area contributed by atoms with Crippen molar-refractivity contribution < 1.29 is 34.1 Å².